The summed E-state index contributed by atoms with van der Waals surface area (Å²) in [4.78, 5) is 12.7. The van der Waals surface area contributed by atoms with Gasteiger partial charge >= 0.3 is 6.18 Å². The number of carbonyl (C=O) groups is 1. The number of hydrazine groups is 1. The lowest BCUT2D eigenvalue weighted by Crippen LogP contribution is -2.40. The van der Waals surface area contributed by atoms with Crippen LogP contribution in [0.1, 0.15) is 5.56 Å². The molecule has 1 unspecified atom stereocenters. The molecule has 0 spiro atoms. The van der Waals surface area contributed by atoms with Crippen molar-refractivity contribution in [1.82, 2.24) is 5.01 Å². The molecule has 28 heavy (non-hydrogen) atoms. The predicted octanol–water partition coefficient (Wildman–Crippen LogP) is 6.90. The van der Waals surface area contributed by atoms with Crippen LogP contribution < -0.4 is 5.01 Å². The van der Waals surface area contributed by atoms with Crippen LogP contribution in [-0.2, 0) is 11.3 Å². The van der Waals surface area contributed by atoms with E-state index in [2.05, 4.69) is 0 Å². The van der Waals surface area contributed by atoms with Crippen LogP contribution in [0.2, 0.25) is 25.1 Å². The quantitative estimate of drug-likeness (QED) is 0.466. The molecule has 0 bridgehead atoms. The lowest BCUT2D eigenvalue weighted by atomic mass is 10.1. The van der Waals surface area contributed by atoms with Gasteiger partial charge in [0.1, 0.15) is 5.92 Å². The Bertz CT molecular complexity index is 894. The molecule has 150 valence electrons. The molecule has 1 atom stereocenters. The Morgan fingerprint density at radius 2 is 1.50 bits per heavy atom. The number of nitrogens with zero attached hydrogens (tertiary/aromatic N) is 2. The fraction of sp³-hybridized carbons (Fsp3) is 0.235. The van der Waals surface area contributed by atoms with Gasteiger partial charge in [-0.1, -0.05) is 64.1 Å². The molecule has 1 heterocycles. The number of benzene rings is 2. The fourth-order valence-corrected chi connectivity index (χ4v) is 4.38. The maximum atomic E-state index is 13.4. The Kier molecular flexibility index (Phi) is 6.30. The van der Waals surface area contributed by atoms with Crippen LogP contribution in [0.5, 0.6) is 0 Å². The zero-order valence-electron chi connectivity index (χ0n) is 13.7. The first-order valence-electron chi connectivity index (χ1n) is 7.73. The van der Waals surface area contributed by atoms with E-state index in [-0.39, 0.29) is 37.3 Å². The lowest BCUT2D eigenvalue weighted by molar-refractivity contribution is -0.175. The van der Waals surface area contributed by atoms with Gasteiger partial charge < -0.3 is 0 Å². The average molecular weight is 493 g/mol. The number of carbonyl (C=O) groups excluding carboxylic acids is 1. The summed E-state index contributed by atoms with van der Waals surface area (Å²) < 4.78 is 40.3. The number of halogens is 8. The number of hydrogen-bond acceptors (Lipinski definition) is 2. The van der Waals surface area contributed by atoms with Gasteiger partial charge in [-0.3, -0.25) is 4.79 Å². The molecule has 1 amide bonds. The molecule has 1 aliphatic rings. The van der Waals surface area contributed by atoms with Crippen LogP contribution in [0.25, 0.3) is 0 Å². The summed E-state index contributed by atoms with van der Waals surface area (Å²) in [5.41, 5.74) is 0.278. The van der Waals surface area contributed by atoms with E-state index in [1.165, 1.54) is 12.1 Å². The Morgan fingerprint density at radius 3 is 2.00 bits per heavy atom. The topological polar surface area (TPSA) is 23.6 Å². The van der Waals surface area contributed by atoms with Crippen molar-refractivity contribution in [1.29, 1.82) is 0 Å². The Labute approximate surface area is 183 Å². The van der Waals surface area contributed by atoms with Gasteiger partial charge in [0, 0.05) is 33.7 Å². The van der Waals surface area contributed by atoms with E-state index in [9.17, 15) is 18.0 Å². The summed E-state index contributed by atoms with van der Waals surface area (Å²) in [7, 11) is 0. The number of anilines is 1. The number of hydrogen-bond donors (Lipinski definition) is 0. The maximum absolute atomic E-state index is 13.4. The van der Waals surface area contributed by atoms with E-state index in [1.807, 2.05) is 0 Å². The minimum Gasteiger partial charge on any atom is -0.272 e. The van der Waals surface area contributed by atoms with Crippen molar-refractivity contribution in [2.45, 2.75) is 12.7 Å². The minimum absolute atomic E-state index is 0.0658. The minimum atomic E-state index is -4.75. The zero-order valence-corrected chi connectivity index (χ0v) is 17.5. The molecule has 2 aromatic carbocycles. The molecule has 0 aliphatic carbocycles. The average Bonchev–Trinajstić information content (AvgIpc) is 2.87. The first-order chi connectivity index (χ1) is 13.0. The third-order valence-corrected chi connectivity index (χ3v) is 5.68. The van der Waals surface area contributed by atoms with Crippen LogP contribution in [0.4, 0.5) is 18.9 Å². The van der Waals surface area contributed by atoms with Crippen molar-refractivity contribution in [3.63, 3.8) is 0 Å². The highest BCUT2D eigenvalue weighted by Crippen LogP contribution is 2.43. The predicted molar refractivity (Wildman–Crippen MR) is 105 cm³/mol. The smallest absolute Gasteiger partial charge is 0.272 e. The van der Waals surface area contributed by atoms with Crippen LogP contribution in [0, 0.1) is 5.92 Å². The summed E-state index contributed by atoms with van der Waals surface area (Å²) in [6, 6.07) is 7.29. The van der Waals surface area contributed by atoms with Gasteiger partial charge in [0.2, 0.25) is 0 Å². The molecular formula is C17H10Cl5F3N2O. The molecule has 1 aliphatic heterocycles. The molecule has 0 saturated carbocycles. The highest BCUT2D eigenvalue weighted by atomic mass is 35.5. The van der Waals surface area contributed by atoms with Gasteiger partial charge in [-0.15, -0.1) is 0 Å². The molecule has 3 nitrogen and oxygen atoms in total. The molecular weight excluding hydrogens is 482 g/mol. The Hall–Kier alpha value is -0.890. The van der Waals surface area contributed by atoms with Gasteiger partial charge in [-0.05, 0) is 24.3 Å². The summed E-state index contributed by atoms with van der Waals surface area (Å²) in [6.07, 6.45) is -4.75. The van der Waals surface area contributed by atoms with E-state index in [1.54, 1.807) is 18.2 Å². The zero-order chi connectivity index (χ0) is 20.8. The van der Waals surface area contributed by atoms with Crippen molar-refractivity contribution in [2.24, 2.45) is 5.92 Å². The first-order valence-corrected chi connectivity index (χ1v) is 9.62. The van der Waals surface area contributed by atoms with E-state index in [0.717, 1.165) is 10.0 Å². The first kappa shape index (κ1) is 21.8. The highest BCUT2D eigenvalue weighted by Gasteiger charge is 2.54. The number of alkyl halides is 3. The third kappa shape index (κ3) is 4.18. The SMILES string of the molecule is O=C1C(C(F)(F)F)CN(Cc2c(Cl)cccc2Cl)N1c1c(Cl)cc(Cl)cc1Cl. The monoisotopic (exact) mass is 490 g/mol. The summed E-state index contributed by atoms with van der Waals surface area (Å²) >= 11 is 30.5. The second kappa shape index (κ2) is 8.09. The summed E-state index contributed by atoms with van der Waals surface area (Å²) in [5, 5.41) is 2.53. The van der Waals surface area contributed by atoms with Gasteiger partial charge in [0.25, 0.3) is 5.91 Å². The van der Waals surface area contributed by atoms with Gasteiger partial charge in [-0.2, -0.15) is 13.2 Å². The van der Waals surface area contributed by atoms with Crippen molar-refractivity contribution >= 4 is 69.6 Å². The van der Waals surface area contributed by atoms with Crippen molar-refractivity contribution < 1.29 is 18.0 Å². The third-order valence-electron chi connectivity index (χ3n) is 4.17. The molecule has 1 fully saturated rings. The summed E-state index contributed by atoms with van der Waals surface area (Å²) in [6.45, 7) is -0.800. The second-order valence-corrected chi connectivity index (χ2v) is 8.07. The standard InChI is InChI=1S/C17H10Cl5F3N2O/c18-8-4-13(21)15(14(22)5-8)27-16(28)10(17(23,24)25)7-26(27)6-9-11(19)2-1-3-12(9)20/h1-5,10H,6-7H2. The van der Waals surface area contributed by atoms with Gasteiger partial charge in [-0.25, -0.2) is 10.0 Å². The van der Waals surface area contributed by atoms with Crippen LogP contribution in [0.3, 0.4) is 0 Å². The van der Waals surface area contributed by atoms with Crippen LogP contribution in [0.15, 0.2) is 30.3 Å². The molecule has 0 radical (unpaired) electrons. The maximum Gasteiger partial charge on any atom is 0.401 e. The molecule has 0 N–H and O–H groups in total. The Balaban J connectivity index is 2.09. The van der Waals surface area contributed by atoms with Crippen molar-refractivity contribution in [2.75, 3.05) is 11.6 Å². The number of rotatable bonds is 3. The summed E-state index contributed by atoms with van der Waals surface area (Å²) in [5.74, 6) is -3.46. The molecule has 3 rings (SSSR count). The largest absolute Gasteiger partial charge is 0.401 e. The van der Waals surface area contributed by atoms with E-state index in [4.69, 9.17) is 58.0 Å². The van der Waals surface area contributed by atoms with Crippen LogP contribution in [-0.4, -0.2) is 23.6 Å². The van der Waals surface area contributed by atoms with E-state index >= 15 is 0 Å². The van der Waals surface area contributed by atoms with E-state index < -0.39 is 24.5 Å². The van der Waals surface area contributed by atoms with Crippen molar-refractivity contribution in [3.05, 3.63) is 61.0 Å². The van der Waals surface area contributed by atoms with Gasteiger partial charge in [0.15, 0.2) is 0 Å². The van der Waals surface area contributed by atoms with E-state index in [0.29, 0.717) is 5.56 Å². The fourth-order valence-electron chi connectivity index (χ4n) is 2.89. The molecule has 2 aromatic rings. The molecule has 1 saturated heterocycles. The highest BCUT2D eigenvalue weighted by molar-refractivity contribution is 6.42. The number of amides is 1. The second-order valence-electron chi connectivity index (χ2n) is 6.01. The van der Waals surface area contributed by atoms with Crippen LogP contribution >= 0.6 is 58.0 Å². The van der Waals surface area contributed by atoms with Crippen molar-refractivity contribution in [3.8, 4) is 0 Å². The normalized spacial score (nSPS) is 18.2. The molecule has 11 heteroatoms. The lowest BCUT2D eigenvalue weighted by Gasteiger charge is -2.29. The van der Waals surface area contributed by atoms with Gasteiger partial charge in [0.05, 0.1) is 15.7 Å². The Morgan fingerprint density at radius 1 is 0.964 bits per heavy atom. The molecule has 0 aromatic heterocycles.